The van der Waals surface area contributed by atoms with Gasteiger partial charge in [0.05, 0.1) is 12.8 Å². The molecule has 1 aliphatic carbocycles. The molecule has 1 aromatic heterocycles. The lowest BCUT2D eigenvalue weighted by Gasteiger charge is -2.19. The average Bonchev–Trinajstić information content (AvgIpc) is 2.99. The van der Waals surface area contributed by atoms with Gasteiger partial charge in [0.1, 0.15) is 0 Å². The predicted molar refractivity (Wildman–Crippen MR) is 115 cm³/mol. The summed E-state index contributed by atoms with van der Waals surface area (Å²) in [6.45, 7) is 7.90. The second-order valence-corrected chi connectivity index (χ2v) is 7.44. The van der Waals surface area contributed by atoms with Crippen LogP contribution in [0.5, 0.6) is 5.88 Å². The summed E-state index contributed by atoms with van der Waals surface area (Å²) in [6.07, 6.45) is 3.14. The second kappa shape index (κ2) is 10.3. The summed E-state index contributed by atoms with van der Waals surface area (Å²) in [7, 11) is 1.65. The molecular weight excluding hydrogens is 364 g/mol. The fourth-order valence-corrected chi connectivity index (χ4v) is 3.91. The largest absolute Gasteiger partial charge is 0.481 e. The van der Waals surface area contributed by atoms with E-state index in [4.69, 9.17) is 9.72 Å². The zero-order chi connectivity index (χ0) is 20.6. The van der Waals surface area contributed by atoms with E-state index in [1.54, 1.807) is 7.11 Å². The van der Waals surface area contributed by atoms with E-state index in [-0.39, 0.29) is 11.8 Å². The minimum absolute atomic E-state index is 0.00536. The van der Waals surface area contributed by atoms with Crippen LogP contribution in [0.2, 0.25) is 0 Å². The number of ether oxygens (including phenoxy) is 1. The maximum absolute atomic E-state index is 12.7. The number of carbonyl (C=O) groups excluding carboxylic acids is 1. The van der Waals surface area contributed by atoms with Crippen LogP contribution in [0.25, 0.3) is 11.4 Å². The number of nitrogens with zero attached hydrogens (tertiary/aromatic N) is 3. The standard InChI is InChI=1S/C23H32N4O2/c1-4-27(5-2)16-15-24-22(28)18-11-13-19-20(14-12-18)25-21(26-23(19)29-3)17-9-7-6-8-10-17/h6-10,18H,4-5,11-16H2,1-3H3,(H,24,28). The van der Waals surface area contributed by atoms with E-state index in [2.05, 4.69) is 29.0 Å². The lowest BCUT2D eigenvalue weighted by Crippen LogP contribution is -2.37. The zero-order valence-electron chi connectivity index (χ0n) is 17.8. The topological polar surface area (TPSA) is 67.4 Å². The van der Waals surface area contributed by atoms with Crippen molar-refractivity contribution in [2.45, 2.75) is 39.5 Å². The number of methoxy groups -OCH3 is 1. The summed E-state index contributed by atoms with van der Waals surface area (Å²) in [5, 5.41) is 3.12. The van der Waals surface area contributed by atoms with Crippen molar-refractivity contribution in [2.24, 2.45) is 5.92 Å². The van der Waals surface area contributed by atoms with E-state index in [1.165, 1.54) is 0 Å². The summed E-state index contributed by atoms with van der Waals surface area (Å²) in [4.78, 5) is 24.5. The molecule has 0 radical (unpaired) electrons. The Balaban J connectivity index is 1.68. The number of likely N-dealkylation sites (N-methyl/N-ethyl adjacent to an activating group) is 1. The van der Waals surface area contributed by atoms with Crippen LogP contribution in [-0.4, -0.2) is 54.1 Å². The molecule has 0 fully saturated rings. The van der Waals surface area contributed by atoms with Gasteiger partial charge in [0.15, 0.2) is 5.82 Å². The fraction of sp³-hybridized carbons (Fsp3) is 0.522. The van der Waals surface area contributed by atoms with Crippen molar-refractivity contribution < 1.29 is 9.53 Å². The van der Waals surface area contributed by atoms with Gasteiger partial charge in [-0.05, 0) is 38.8 Å². The first-order valence-corrected chi connectivity index (χ1v) is 10.7. The summed E-state index contributed by atoms with van der Waals surface area (Å²) in [5.41, 5.74) is 3.03. The van der Waals surface area contributed by atoms with Crippen LogP contribution in [0.15, 0.2) is 30.3 Å². The molecule has 1 unspecified atom stereocenters. The number of rotatable bonds is 8. The van der Waals surface area contributed by atoms with Gasteiger partial charge in [-0.2, -0.15) is 4.98 Å². The van der Waals surface area contributed by atoms with E-state index >= 15 is 0 Å². The first-order valence-electron chi connectivity index (χ1n) is 10.7. The third kappa shape index (κ3) is 5.32. The lowest BCUT2D eigenvalue weighted by atomic mass is 9.99. The first-order chi connectivity index (χ1) is 14.2. The van der Waals surface area contributed by atoms with E-state index in [9.17, 15) is 4.79 Å². The molecule has 1 aromatic carbocycles. The molecule has 1 aliphatic rings. The third-order valence-corrected chi connectivity index (χ3v) is 5.75. The van der Waals surface area contributed by atoms with Crippen molar-refractivity contribution >= 4 is 5.91 Å². The van der Waals surface area contributed by atoms with Crippen LogP contribution in [0.3, 0.4) is 0 Å². The summed E-state index contributed by atoms with van der Waals surface area (Å²) >= 11 is 0. The molecule has 1 amide bonds. The van der Waals surface area contributed by atoms with Gasteiger partial charge in [-0.15, -0.1) is 0 Å². The van der Waals surface area contributed by atoms with E-state index in [0.29, 0.717) is 18.2 Å². The predicted octanol–water partition coefficient (Wildman–Crippen LogP) is 3.11. The van der Waals surface area contributed by atoms with Gasteiger partial charge in [0, 0.05) is 30.1 Å². The van der Waals surface area contributed by atoms with Crippen molar-refractivity contribution in [3.8, 4) is 17.3 Å². The summed E-state index contributed by atoms with van der Waals surface area (Å²) in [5.74, 6) is 1.48. The molecule has 3 rings (SSSR count). The number of amides is 1. The highest BCUT2D eigenvalue weighted by molar-refractivity contribution is 5.78. The Hall–Kier alpha value is -2.47. The number of aryl methyl sites for hydroxylation is 1. The molecule has 0 saturated heterocycles. The lowest BCUT2D eigenvalue weighted by molar-refractivity contribution is -0.125. The molecule has 1 N–H and O–H groups in total. The Morgan fingerprint density at radius 2 is 1.86 bits per heavy atom. The molecule has 29 heavy (non-hydrogen) atoms. The van der Waals surface area contributed by atoms with Gasteiger partial charge in [0.25, 0.3) is 0 Å². The number of carbonyl (C=O) groups is 1. The Morgan fingerprint density at radius 1 is 1.14 bits per heavy atom. The van der Waals surface area contributed by atoms with Gasteiger partial charge in [-0.1, -0.05) is 44.2 Å². The Kier molecular flexibility index (Phi) is 7.58. The Morgan fingerprint density at radius 3 is 2.55 bits per heavy atom. The van der Waals surface area contributed by atoms with Gasteiger partial charge in [-0.3, -0.25) is 4.79 Å². The van der Waals surface area contributed by atoms with Gasteiger partial charge in [0.2, 0.25) is 11.8 Å². The van der Waals surface area contributed by atoms with E-state index in [1.807, 2.05) is 30.3 Å². The van der Waals surface area contributed by atoms with Gasteiger partial charge >= 0.3 is 0 Å². The average molecular weight is 397 g/mol. The monoisotopic (exact) mass is 396 g/mol. The highest BCUT2D eigenvalue weighted by Gasteiger charge is 2.26. The quantitative estimate of drug-likeness (QED) is 0.695. The molecule has 1 heterocycles. The number of hydrogen-bond acceptors (Lipinski definition) is 5. The molecule has 0 aliphatic heterocycles. The van der Waals surface area contributed by atoms with Crippen molar-refractivity contribution in [1.82, 2.24) is 20.2 Å². The van der Waals surface area contributed by atoms with Crippen LogP contribution >= 0.6 is 0 Å². The SMILES string of the molecule is CCN(CC)CCNC(=O)C1CCc2nc(-c3ccccc3)nc(OC)c2CC1. The molecule has 6 nitrogen and oxygen atoms in total. The van der Waals surface area contributed by atoms with Crippen molar-refractivity contribution in [3.63, 3.8) is 0 Å². The van der Waals surface area contributed by atoms with Crippen LogP contribution in [0.1, 0.15) is 37.9 Å². The number of nitrogens with one attached hydrogen (secondary N) is 1. The van der Waals surface area contributed by atoms with Crippen molar-refractivity contribution in [1.29, 1.82) is 0 Å². The van der Waals surface area contributed by atoms with Crippen LogP contribution in [-0.2, 0) is 17.6 Å². The number of fused-ring (bicyclic) bond motifs is 1. The van der Waals surface area contributed by atoms with E-state index in [0.717, 1.165) is 62.1 Å². The number of hydrogen-bond donors (Lipinski definition) is 1. The smallest absolute Gasteiger partial charge is 0.223 e. The summed E-state index contributed by atoms with van der Waals surface area (Å²) < 4.78 is 5.58. The van der Waals surface area contributed by atoms with Crippen LogP contribution in [0.4, 0.5) is 0 Å². The highest BCUT2D eigenvalue weighted by Crippen LogP contribution is 2.31. The van der Waals surface area contributed by atoms with Crippen LogP contribution < -0.4 is 10.1 Å². The maximum Gasteiger partial charge on any atom is 0.223 e. The molecule has 6 heteroatoms. The highest BCUT2D eigenvalue weighted by atomic mass is 16.5. The van der Waals surface area contributed by atoms with Crippen molar-refractivity contribution in [2.75, 3.05) is 33.3 Å². The van der Waals surface area contributed by atoms with Gasteiger partial charge < -0.3 is 15.0 Å². The van der Waals surface area contributed by atoms with Crippen molar-refractivity contribution in [3.05, 3.63) is 41.6 Å². The minimum Gasteiger partial charge on any atom is -0.481 e. The number of benzene rings is 1. The molecular formula is C23H32N4O2. The molecule has 1 atom stereocenters. The molecule has 0 bridgehead atoms. The fourth-order valence-electron chi connectivity index (χ4n) is 3.91. The molecule has 0 spiro atoms. The third-order valence-electron chi connectivity index (χ3n) is 5.75. The van der Waals surface area contributed by atoms with Crippen LogP contribution in [0, 0.1) is 5.92 Å². The number of aromatic nitrogens is 2. The minimum atomic E-state index is 0.00536. The molecule has 156 valence electrons. The van der Waals surface area contributed by atoms with Gasteiger partial charge in [-0.25, -0.2) is 4.98 Å². The second-order valence-electron chi connectivity index (χ2n) is 7.44. The first kappa shape index (κ1) is 21.2. The maximum atomic E-state index is 12.7. The molecule has 2 aromatic rings. The summed E-state index contributed by atoms with van der Waals surface area (Å²) in [6, 6.07) is 9.95. The zero-order valence-corrected chi connectivity index (χ0v) is 17.8. The Labute approximate surface area is 173 Å². The molecule has 0 saturated carbocycles. The van der Waals surface area contributed by atoms with E-state index < -0.39 is 0 Å². The normalized spacial score (nSPS) is 16.2. The Bertz CT molecular complexity index is 806.